The molecule has 2 aromatic heterocycles. The molecular formula is C17H24N4O2. The molecule has 1 aliphatic rings. The van der Waals surface area contributed by atoms with Gasteiger partial charge in [0.25, 0.3) is 5.91 Å². The number of fused-ring (bicyclic) bond motifs is 1. The zero-order valence-corrected chi connectivity index (χ0v) is 14.0. The van der Waals surface area contributed by atoms with Crippen LogP contribution in [0.15, 0.2) is 29.0 Å². The first-order valence-corrected chi connectivity index (χ1v) is 8.22. The first-order valence-electron chi connectivity index (χ1n) is 8.22. The fourth-order valence-corrected chi connectivity index (χ4v) is 3.19. The summed E-state index contributed by atoms with van der Waals surface area (Å²) < 4.78 is 7.45. The second kappa shape index (κ2) is 6.58. The van der Waals surface area contributed by atoms with Crippen LogP contribution in [-0.2, 0) is 6.54 Å². The molecule has 0 fully saturated rings. The number of aryl methyl sites for hydroxylation is 1. The Morgan fingerprint density at radius 1 is 1.39 bits per heavy atom. The molecule has 0 aliphatic carbocycles. The highest BCUT2D eigenvalue weighted by molar-refractivity contribution is 5.92. The van der Waals surface area contributed by atoms with E-state index in [4.69, 9.17) is 4.42 Å². The molecule has 3 heterocycles. The maximum atomic E-state index is 12.8. The van der Waals surface area contributed by atoms with E-state index in [1.165, 1.54) is 0 Å². The monoisotopic (exact) mass is 316 g/mol. The third-order valence-corrected chi connectivity index (χ3v) is 4.59. The summed E-state index contributed by atoms with van der Waals surface area (Å²) in [6, 6.07) is 3.99. The third-order valence-electron chi connectivity index (χ3n) is 4.59. The average molecular weight is 316 g/mol. The summed E-state index contributed by atoms with van der Waals surface area (Å²) in [4.78, 5) is 17.0. The van der Waals surface area contributed by atoms with Gasteiger partial charge in [0.2, 0.25) is 0 Å². The Hall–Kier alpha value is -2.08. The quantitative estimate of drug-likeness (QED) is 0.849. The van der Waals surface area contributed by atoms with E-state index in [2.05, 4.69) is 28.5 Å². The third kappa shape index (κ3) is 3.03. The van der Waals surface area contributed by atoms with Gasteiger partial charge in [0.1, 0.15) is 0 Å². The Bertz CT molecular complexity index is 672. The van der Waals surface area contributed by atoms with Gasteiger partial charge in [-0.05, 0) is 32.1 Å². The van der Waals surface area contributed by atoms with Crippen LogP contribution in [0.25, 0.3) is 0 Å². The van der Waals surface area contributed by atoms with E-state index in [0.29, 0.717) is 18.8 Å². The second-order valence-corrected chi connectivity index (χ2v) is 6.03. The van der Waals surface area contributed by atoms with Crippen molar-refractivity contribution in [3.8, 4) is 0 Å². The Morgan fingerprint density at radius 3 is 2.83 bits per heavy atom. The molecule has 3 rings (SSSR count). The highest BCUT2D eigenvalue weighted by Gasteiger charge is 2.31. The van der Waals surface area contributed by atoms with Gasteiger partial charge in [0.05, 0.1) is 24.5 Å². The average Bonchev–Trinajstić information content (AvgIpc) is 3.20. The summed E-state index contributed by atoms with van der Waals surface area (Å²) >= 11 is 0. The predicted octanol–water partition coefficient (Wildman–Crippen LogP) is 2.32. The largest absolute Gasteiger partial charge is 0.459 e. The Balaban J connectivity index is 1.83. The fourth-order valence-electron chi connectivity index (χ4n) is 3.19. The van der Waals surface area contributed by atoms with Gasteiger partial charge in [-0.2, -0.15) is 5.10 Å². The number of hydrogen-bond acceptors (Lipinski definition) is 4. The lowest BCUT2D eigenvalue weighted by Gasteiger charge is -2.36. The van der Waals surface area contributed by atoms with E-state index in [1.807, 2.05) is 30.2 Å². The topological polar surface area (TPSA) is 54.5 Å². The maximum Gasteiger partial charge on any atom is 0.290 e. The number of aromatic nitrogens is 2. The van der Waals surface area contributed by atoms with E-state index < -0.39 is 0 Å². The van der Waals surface area contributed by atoms with Crippen molar-refractivity contribution in [2.24, 2.45) is 0 Å². The molecular weight excluding hydrogens is 292 g/mol. The molecule has 23 heavy (non-hydrogen) atoms. The molecule has 2 aromatic rings. The Morgan fingerprint density at radius 2 is 2.17 bits per heavy atom. The summed E-state index contributed by atoms with van der Waals surface area (Å²) in [6.07, 6.45) is 3.39. The number of furan rings is 1. The molecule has 0 N–H and O–H groups in total. The number of carbonyl (C=O) groups excluding carboxylic acids is 1. The van der Waals surface area contributed by atoms with Crippen LogP contribution in [0.4, 0.5) is 0 Å². The zero-order chi connectivity index (χ0) is 16.4. The summed E-state index contributed by atoms with van der Waals surface area (Å²) in [6.45, 7) is 10.3. The van der Waals surface area contributed by atoms with E-state index in [-0.39, 0.29) is 11.9 Å². The molecule has 0 aromatic carbocycles. The van der Waals surface area contributed by atoms with Crippen molar-refractivity contribution in [3.05, 3.63) is 41.6 Å². The molecule has 1 unspecified atom stereocenters. The molecule has 0 bridgehead atoms. The smallest absolute Gasteiger partial charge is 0.290 e. The number of carbonyl (C=O) groups is 1. The normalized spacial score (nSPS) is 17.6. The van der Waals surface area contributed by atoms with Crippen LogP contribution in [0.1, 0.15) is 41.7 Å². The maximum absolute atomic E-state index is 12.8. The molecule has 1 atom stereocenters. The van der Waals surface area contributed by atoms with Gasteiger partial charge < -0.3 is 14.2 Å². The van der Waals surface area contributed by atoms with Crippen LogP contribution in [0, 0.1) is 6.92 Å². The Kier molecular flexibility index (Phi) is 4.52. The molecule has 6 heteroatoms. The van der Waals surface area contributed by atoms with Crippen molar-refractivity contribution >= 4 is 5.91 Å². The highest BCUT2D eigenvalue weighted by atomic mass is 16.3. The van der Waals surface area contributed by atoms with E-state index in [0.717, 1.165) is 30.9 Å². The van der Waals surface area contributed by atoms with Crippen molar-refractivity contribution in [3.63, 3.8) is 0 Å². The minimum Gasteiger partial charge on any atom is -0.459 e. The second-order valence-electron chi connectivity index (χ2n) is 6.03. The summed E-state index contributed by atoms with van der Waals surface area (Å²) in [5, 5.41) is 4.46. The van der Waals surface area contributed by atoms with Crippen molar-refractivity contribution in [2.45, 2.75) is 33.4 Å². The van der Waals surface area contributed by atoms with E-state index in [9.17, 15) is 4.79 Å². The number of nitrogens with zero attached hydrogens (tertiary/aromatic N) is 4. The first-order chi connectivity index (χ1) is 11.1. The number of rotatable bonds is 5. The standard InChI is InChI=1S/C17H24N4O2/c1-4-19(5-2)10-15-12-20(11-14-6-8-18-21(14)15)17(22)16-13(3)7-9-23-16/h6-9,15H,4-5,10-12H2,1-3H3. The van der Waals surface area contributed by atoms with E-state index in [1.54, 1.807) is 6.26 Å². The van der Waals surface area contributed by atoms with Crippen LogP contribution in [0.3, 0.4) is 0 Å². The lowest BCUT2D eigenvalue weighted by molar-refractivity contribution is 0.0610. The van der Waals surface area contributed by atoms with Gasteiger partial charge in [-0.15, -0.1) is 0 Å². The number of amides is 1. The van der Waals surface area contributed by atoms with Crippen LogP contribution in [0.5, 0.6) is 0 Å². The minimum atomic E-state index is -0.0375. The van der Waals surface area contributed by atoms with Gasteiger partial charge in [-0.1, -0.05) is 13.8 Å². The Labute approximate surface area is 136 Å². The molecule has 0 saturated carbocycles. The molecule has 1 aliphatic heterocycles. The lowest BCUT2D eigenvalue weighted by Crippen LogP contribution is -2.45. The van der Waals surface area contributed by atoms with Crippen molar-refractivity contribution in [2.75, 3.05) is 26.2 Å². The minimum absolute atomic E-state index is 0.0375. The van der Waals surface area contributed by atoms with Crippen LogP contribution < -0.4 is 0 Å². The molecule has 124 valence electrons. The van der Waals surface area contributed by atoms with Gasteiger partial charge in [0, 0.05) is 24.8 Å². The molecule has 0 saturated heterocycles. The fraction of sp³-hybridized carbons (Fsp3) is 0.529. The SMILES string of the molecule is CCN(CC)CC1CN(C(=O)c2occc2C)Cc2ccnn21. The molecule has 0 radical (unpaired) electrons. The number of likely N-dealkylation sites (N-methyl/N-ethyl adjacent to an activating group) is 1. The molecule has 0 spiro atoms. The lowest BCUT2D eigenvalue weighted by atomic mass is 10.1. The van der Waals surface area contributed by atoms with Crippen molar-refractivity contribution in [1.29, 1.82) is 0 Å². The summed E-state index contributed by atoms with van der Waals surface area (Å²) in [5.74, 6) is 0.407. The summed E-state index contributed by atoms with van der Waals surface area (Å²) in [5.41, 5.74) is 1.96. The van der Waals surface area contributed by atoms with Gasteiger partial charge in [0.15, 0.2) is 5.76 Å². The van der Waals surface area contributed by atoms with Gasteiger partial charge >= 0.3 is 0 Å². The molecule has 1 amide bonds. The highest BCUT2D eigenvalue weighted by Crippen LogP contribution is 2.24. The van der Waals surface area contributed by atoms with Gasteiger partial charge in [-0.3, -0.25) is 9.48 Å². The van der Waals surface area contributed by atoms with Crippen molar-refractivity contribution < 1.29 is 9.21 Å². The molecule has 6 nitrogen and oxygen atoms in total. The van der Waals surface area contributed by atoms with Crippen LogP contribution >= 0.6 is 0 Å². The predicted molar refractivity (Wildman–Crippen MR) is 87.2 cm³/mol. The van der Waals surface area contributed by atoms with Crippen LogP contribution in [0.2, 0.25) is 0 Å². The zero-order valence-electron chi connectivity index (χ0n) is 14.0. The number of hydrogen-bond donors (Lipinski definition) is 0. The van der Waals surface area contributed by atoms with Gasteiger partial charge in [-0.25, -0.2) is 0 Å². The summed E-state index contributed by atoms with van der Waals surface area (Å²) in [7, 11) is 0. The van der Waals surface area contributed by atoms with Crippen LogP contribution in [-0.4, -0.2) is 51.7 Å². The first kappa shape index (κ1) is 15.8. The van der Waals surface area contributed by atoms with E-state index >= 15 is 0 Å². The van der Waals surface area contributed by atoms with Crippen molar-refractivity contribution in [1.82, 2.24) is 19.6 Å².